The molecule has 8 nitrogen and oxygen atoms in total. The number of halogens is 5. The number of benzene rings is 1. The molecule has 0 aromatic heterocycles. The summed E-state index contributed by atoms with van der Waals surface area (Å²) in [4.78, 5) is 24.9. The van der Waals surface area contributed by atoms with Crippen LogP contribution in [-0.4, -0.2) is 65.9 Å². The highest BCUT2D eigenvalue weighted by Crippen LogP contribution is 2.47. The van der Waals surface area contributed by atoms with Gasteiger partial charge in [0.2, 0.25) is 5.91 Å². The Morgan fingerprint density at radius 1 is 1.06 bits per heavy atom. The molecule has 0 saturated heterocycles. The molecule has 1 aromatic rings. The molecule has 13 heteroatoms. The molecular formula is C23H27ClF4N2O6. The number of ether oxygens (including phenoxy) is 3. The van der Waals surface area contributed by atoms with E-state index in [0.29, 0.717) is 25.7 Å². The van der Waals surface area contributed by atoms with Crippen molar-refractivity contribution >= 4 is 23.4 Å². The molecule has 1 aromatic carbocycles. The van der Waals surface area contributed by atoms with Gasteiger partial charge in [-0.15, -0.1) is 13.2 Å². The average molecular weight is 539 g/mol. The van der Waals surface area contributed by atoms with Crippen LogP contribution in [0, 0.1) is 5.82 Å². The van der Waals surface area contributed by atoms with Gasteiger partial charge in [0.05, 0.1) is 28.9 Å². The first-order valence-corrected chi connectivity index (χ1v) is 12.0. The molecule has 0 spiro atoms. The third-order valence-electron chi connectivity index (χ3n) is 7.18. The van der Waals surface area contributed by atoms with E-state index in [0.717, 1.165) is 6.07 Å². The van der Waals surface area contributed by atoms with Crippen molar-refractivity contribution < 1.29 is 46.5 Å². The quantitative estimate of drug-likeness (QED) is 0.418. The van der Waals surface area contributed by atoms with Crippen LogP contribution >= 0.6 is 11.6 Å². The van der Waals surface area contributed by atoms with Gasteiger partial charge in [0.25, 0.3) is 5.91 Å². The molecule has 2 amide bonds. The summed E-state index contributed by atoms with van der Waals surface area (Å²) in [6.07, 6.45) is -4.78. The fourth-order valence-corrected chi connectivity index (χ4v) is 5.27. The summed E-state index contributed by atoms with van der Waals surface area (Å²) in [6, 6.07) is 3.83. The van der Waals surface area contributed by atoms with Crippen molar-refractivity contribution in [3.8, 4) is 5.75 Å². The number of carbonyl (C=O) groups is 2. The Kier molecular flexibility index (Phi) is 7.70. The number of nitrogens with one attached hydrogen (secondary N) is 2. The van der Waals surface area contributed by atoms with Crippen molar-refractivity contribution in [2.24, 2.45) is 0 Å². The second-order valence-corrected chi connectivity index (χ2v) is 10.1. The van der Waals surface area contributed by atoms with Crippen molar-refractivity contribution in [3.05, 3.63) is 29.0 Å². The summed E-state index contributed by atoms with van der Waals surface area (Å²) < 4.78 is 64.7. The number of aliphatic hydroxyl groups excluding tert-OH is 1. The highest BCUT2D eigenvalue weighted by Gasteiger charge is 2.55. The summed E-state index contributed by atoms with van der Waals surface area (Å²) >= 11 is 5.63. The van der Waals surface area contributed by atoms with Gasteiger partial charge in [-0.2, -0.15) is 0 Å². The molecule has 1 atom stereocenters. The maximum atomic E-state index is 13.5. The van der Waals surface area contributed by atoms with Crippen LogP contribution in [0.5, 0.6) is 5.75 Å². The molecule has 3 N–H and O–H groups in total. The molecule has 4 aliphatic rings. The second kappa shape index (κ2) is 10.3. The molecule has 0 unspecified atom stereocenters. The Balaban J connectivity index is 1.20. The fourth-order valence-electron chi connectivity index (χ4n) is 5.16. The molecule has 4 fully saturated rings. The summed E-state index contributed by atoms with van der Waals surface area (Å²) in [5, 5.41) is 16.5. The summed E-state index contributed by atoms with van der Waals surface area (Å²) in [5.74, 6) is -1.40. The number of alkyl halides is 3. The highest BCUT2D eigenvalue weighted by atomic mass is 35.5. The molecule has 4 aliphatic carbocycles. The SMILES string of the molecule is O=C(COC1CC(OC(F)(F)F)C1)NC12CCC(NC(=O)COc3ccc(Cl)c(F)c3)(CC1)[C@@H](O)C2. The van der Waals surface area contributed by atoms with Crippen molar-refractivity contribution in [1.29, 1.82) is 0 Å². The van der Waals surface area contributed by atoms with Gasteiger partial charge < -0.3 is 25.2 Å². The first kappa shape index (κ1) is 26.9. The number of hydrogen-bond donors (Lipinski definition) is 3. The molecule has 0 radical (unpaired) electrons. The molecule has 36 heavy (non-hydrogen) atoms. The third-order valence-corrected chi connectivity index (χ3v) is 7.48. The van der Waals surface area contributed by atoms with Crippen LogP contribution in [0.15, 0.2) is 18.2 Å². The van der Waals surface area contributed by atoms with Gasteiger partial charge in [0, 0.05) is 24.4 Å². The van der Waals surface area contributed by atoms with E-state index in [4.69, 9.17) is 21.1 Å². The second-order valence-electron chi connectivity index (χ2n) is 9.71. The van der Waals surface area contributed by atoms with E-state index in [2.05, 4.69) is 15.4 Å². The maximum Gasteiger partial charge on any atom is 0.522 e. The summed E-state index contributed by atoms with van der Waals surface area (Å²) in [7, 11) is 0. The minimum atomic E-state index is -4.69. The van der Waals surface area contributed by atoms with Crippen LogP contribution in [0.1, 0.15) is 44.9 Å². The molecule has 5 rings (SSSR count). The average Bonchev–Trinajstić information content (AvgIpc) is 2.76. The third kappa shape index (κ3) is 6.39. The largest absolute Gasteiger partial charge is 0.522 e. The van der Waals surface area contributed by atoms with E-state index < -0.39 is 53.4 Å². The Bertz CT molecular complexity index is 980. The van der Waals surface area contributed by atoms with Crippen LogP contribution in [0.3, 0.4) is 0 Å². The van der Waals surface area contributed by atoms with E-state index in [9.17, 15) is 32.3 Å². The number of hydrogen-bond acceptors (Lipinski definition) is 6. The van der Waals surface area contributed by atoms with Crippen LogP contribution in [0.4, 0.5) is 17.6 Å². The van der Waals surface area contributed by atoms with E-state index >= 15 is 0 Å². The topological polar surface area (TPSA) is 106 Å². The number of fused-ring (bicyclic) bond motifs is 3. The molecular weight excluding hydrogens is 512 g/mol. The zero-order chi connectivity index (χ0) is 26.1. The van der Waals surface area contributed by atoms with Gasteiger partial charge in [-0.3, -0.25) is 14.3 Å². The monoisotopic (exact) mass is 538 g/mol. The lowest BCUT2D eigenvalue weighted by Gasteiger charge is -2.56. The summed E-state index contributed by atoms with van der Waals surface area (Å²) in [6.45, 7) is -0.670. The minimum Gasteiger partial charge on any atom is -0.484 e. The van der Waals surface area contributed by atoms with Crippen molar-refractivity contribution in [2.45, 2.75) is 80.7 Å². The Morgan fingerprint density at radius 3 is 2.33 bits per heavy atom. The highest BCUT2D eigenvalue weighted by molar-refractivity contribution is 6.30. The predicted octanol–water partition coefficient (Wildman–Crippen LogP) is 2.99. The van der Waals surface area contributed by atoms with Crippen LogP contribution in [0.2, 0.25) is 5.02 Å². The van der Waals surface area contributed by atoms with Crippen LogP contribution < -0.4 is 15.4 Å². The van der Waals surface area contributed by atoms with Gasteiger partial charge in [-0.25, -0.2) is 4.39 Å². The lowest BCUT2D eigenvalue weighted by atomic mass is 9.60. The van der Waals surface area contributed by atoms with Crippen molar-refractivity contribution in [1.82, 2.24) is 10.6 Å². The Morgan fingerprint density at radius 2 is 1.72 bits per heavy atom. The summed E-state index contributed by atoms with van der Waals surface area (Å²) in [5.41, 5.74) is -1.50. The van der Waals surface area contributed by atoms with Crippen LogP contribution in [0.25, 0.3) is 0 Å². The molecule has 4 saturated carbocycles. The first-order valence-electron chi connectivity index (χ1n) is 11.6. The molecule has 0 aliphatic heterocycles. The van der Waals surface area contributed by atoms with Gasteiger partial charge in [-0.1, -0.05) is 11.6 Å². The van der Waals surface area contributed by atoms with E-state index in [1.165, 1.54) is 12.1 Å². The van der Waals surface area contributed by atoms with Gasteiger partial charge in [0.15, 0.2) is 6.61 Å². The zero-order valence-electron chi connectivity index (χ0n) is 19.2. The van der Waals surface area contributed by atoms with Gasteiger partial charge in [0.1, 0.15) is 18.2 Å². The number of aliphatic hydroxyl groups is 1. The van der Waals surface area contributed by atoms with Crippen LogP contribution in [-0.2, 0) is 19.1 Å². The number of amides is 2. The lowest BCUT2D eigenvalue weighted by molar-refractivity contribution is -0.357. The molecule has 0 heterocycles. The fraction of sp³-hybridized carbons (Fsp3) is 0.652. The Labute approximate surface area is 209 Å². The Hall–Kier alpha value is -2.15. The predicted molar refractivity (Wildman–Crippen MR) is 118 cm³/mol. The van der Waals surface area contributed by atoms with Gasteiger partial charge in [-0.05, 0) is 44.2 Å². The van der Waals surface area contributed by atoms with Crippen molar-refractivity contribution in [2.75, 3.05) is 13.2 Å². The normalized spacial score (nSPS) is 31.4. The maximum absolute atomic E-state index is 13.5. The smallest absolute Gasteiger partial charge is 0.484 e. The molecule has 2 bridgehead atoms. The lowest BCUT2D eigenvalue weighted by Crippen LogP contribution is -2.70. The van der Waals surface area contributed by atoms with E-state index in [1.54, 1.807) is 0 Å². The minimum absolute atomic E-state index is 0.0624. The van der Waals surface area contributed by atoms with Crippen molar-refractivity contribution in [3.63, 3.8) is 0 Å². The first-order chi connectivity index (χ1) is 16.9. The molecule has 200 valence electrons. The zero-order valence-corrected chi connectivity index (χ0v) is 20.0. The van der Waals surface area contributed by atoms with E-state index in [1.807, 2.05) is 0 Å². The number of rotatable bonds is 9. The standard InChI is InChI=1S/C23H27ClF4N2O6/c24-16-2-1-13(9-17(16)25)34-12-20(33)30-22-5-3-21(4-6-22,10-18(22)31)29-19(32)11-35-14-7-15(8-14)36-23(26,27)28/h1-2,9,14-15,18,31H,3-8,10-12H2,(H,29,32)(H,30,33)/t14?,15?,18-,21?,22?/m0/s1. The van der Waals surface area contributed by atoms with E-state index in [-0.39, 0.29) is 43.2 Å². The van der Waals surface area contributed by atoms with Gasteiger partial charge >= 0.3 is 6.36 Å². The number of carbonyl (C=O) groups excluding carboxylic acids is 2.